The lowest BCUT2D eigenvalue weighted by Gasteiger charge is -2.39. The van der Waals surface area contributed by atoms with Gasteiger partial charge in [-0.3, -0.25) is 9.97 Å². The van der Waals surface area contributed by atoms with E-state index in [4.69, 9.17) is 0 Å². The second-order valence-corrected chi connectivity index (χ2v) is 8.37. The Morgan fingerprint density at radius 1 is 0.889 bits per heavy atom. The summed E-state index contributed by atoms with van der Waals surface area (Å²) in [7, 11) is -3.75. The standard InChI is InChI=1S/C20H19N3O3S/c24-20-17-3-1-2-4-19(17)27(25,26)23(14-16-7-11-22-12-8-16)18(20)13-15-5-9-21-10-6-15/h1-12,18,20,24H,13-14H2/t18-,20+/m1/s1. The van der Waals surface area contributed by atoms with E-state index < -0.39 is 22.2 Å². The Morgan fingerprint density at radius 3 is 2.15 bits per heavy atom. The van der Waals surface area contributed by atoms with Gasteiger partial charge in [-0.25, -0.2) is 8.42 Å². The molecule has 6 nitrogen and oxygen atoms in total. The number of hydrogen-bond acceptors (Lipinski definition) is 5. The van der Waals surface area contributed by atoms with Crippen LogP contribution in [0.3, 0.4) is 0 Å². The zero-order chi connectivity index (χ0) is 18.9. The number of fused-ring (bicyclic) bond motifs is 1. The minimum absolute atomic E-state index is 0.164. The average Bonchev–Trinajstić information content (AvgIpc) is 2.71. The smallest absolute Gasteiger partial charge is 0.244 e. The van der Waals surface area contributed by atoms with Crippen LogP contribution in [0.2, 0.25) is 0 Å². The molecule has 0 unspecified atom stereocenters. The first kappa shape index (κ1) is 17.8. The molecule has 1 aromatic carbocycles. The first-order valence-corrected chi connectivity index (χ1v) is 10.1. The van der Waals surface area contributed by atoms with Gasteiger partial charge in [0.1, 0.15) is 0 Å². The summed E-state index contributed by atoms with van der Waals surface area (Å²) in [6, 6.07) is 13.3. The molecule has 2 aromatic heterocycles. The van der Waals surface area contributed by atoms with Gasteiger partial charge in [-0.05, 0) is 47.9 Å². The monoisotopic (exact) mass is 381 g/mol. The third-order valence-electron chi connectivity index (χ3n) is 4.84. The van der Waals surface area contributed by atoms with E-state index in [-0.39, 0.29) is 11.4 Å². The van der Waals surface area contributed by atoms with Crippen molar-refractivity contribution in [2.45, 2.75) is 30.0 Å². The molecule has 0 amide bonds. The molecule has 0 spiro atoms. The van der Waals surface area contributed by atoms with Crippen molar-refractivity contribution in [3.63, 3.8) is 0 Å². The van der Waals surface area contributed by atoms with Crippen LogP contribution in [-0.4, -0.2) is 33.8 Å². The highest BCUT2D eigenvalue weighted by atomic mass is 32.2. The number of aromatic nitrogens is 2. The average molecular weight is 381 g/mol. The number of aliphatic hydroxyl groups excluding tert-OH is 1. The molecular formula is C20H19N3O3S. The molecule has 1 aliphatic heterocycles. The van der Waals surface area contributed by atoms with Crippen molar-refractivity contribution < 1.29 is 13.5 Å². The van der Waals surface area contributed by atoms with Crippen LogP contribution in [-0.2, 0) is 23.0 Å². The van der Waals surface area contributed by atoms with Gasteiger partial charge in [-0.2, -0.15) is 4.31 Å². The lowest BCUT2D eigenvalue weighted by molar-refractivity contribution is 0.0769. The lowest BCUT2D eigenvalue weighted by Crippen LogP contribution is -2.48. The van der Waals surface area contributed by atoms with E-state index in [1.165, 1.54) is 4.31 Å². The molecule has 1 N–H and O–H groups in total. The van der Waals surface area contributed by atoms with Gasteiger partial charge >= 0.3 is 0 Å². The molecule has 0 saturated carbocycles. The molecule has 3 heterocycles. The van der Waals surface area contributed by atoms with Gasteiger partial charge in [0.2, 0.25) is 10.0 Å². The molecule has 2 atom stereocenters. The van der Waals surface area contributed by atoms with Gasteiger partial charge in [-0.15, -0.1) is 0 Å². The maximum Gasteiger partial charge on any atom is 0.244 e. The molecule has 3 aromatic rings. The largest absolute Gasteiger partial charge is 0.387 e. The zero-order valence-corrected chi connectivity index (χ0v) is 15.3. The fourth-order valence-electron chi connectivity index (χ4n) is 3.47. The van der Waals surface area contributed by atoms with Gasteiger partial charge in [0.05, 0.1) is 17.0 Å². The molecule has 7 heteroatoms. The highest BCUT2D eigenvalue weighted by Crippen LogP contribution is 2.38. The Bertz CT molecular complexity index is 1030. The number of nitrogens with zero attached hydrogens (tertiary/aromatic N) is 3. The van der Waals surface area contributed by atoms with E-state index in [2.05, 4.69) is 9.97 Å². The number of pyridine rings is 2. The van der Waals surface area contributed by atoms with Gasteiger partial charge in [0.25, 0.3) is 0 Å². The predicted octanol–water partition coefficient (Wildman–Crippen LogP) is 2.33. The number of aliphatic hydroxyl groups is 1. The van der Waals surface area contributed by atoms with Crippen molar-refractivity contribution in [1.29, 1.82) is 0 Å². The van der Waals surface area contributed by atoms with E-state index in [0.29, 0.717) is 12.0 Å². The van der Waals surface area contributed by atoms with Gasteiger partial charge in [0.15, 0.2) is 0 Å². The summed E-state index contributed by atoms with van der Waals surface area (Å²) in [6.45, 7) is 0.173. The van der Waals surface area contributed by atoms with E-state index in [1.807, 2.05) is 12.1 Å². The van der Waals surface area contributed by atoms with Crippen LogP contribution in [0.1, 0.15) is 22.8 Å². The maximum atomic E-state index is 13.3. The van der Waals surface area contributed by atoms with E-state index in [9.17, 15) is 13.5 Å². The van der Waals surface area contributed by atoms with Crippen LogP contribution in [0.15, 0.2) is 78.2 Å². The Labute approximate surface area is 158 Å². The molecule has 0 bridgehead atoms. The van der Waals surface area contributed by atoms with Gasteiger partial charge in [-0.1, -0.05) is 18.2 Å². The first-order valence-electron chi connectivity index (χ1n) is 8.64. The summed E-state index contributed by atoms with van der Waals surface area (Å²) < 4.78 is 28.1. The van der Waals surface area contributed by atoms with Crippen LogP contribution in [0.4, 0.5) is 0 Å². The summed E-state index contributed by atoms with van der Waals surface area (Å²) in [5.74, 6) is 0. The highest BCUT2D eigenvalue weighted by molar-refractivity contribution is 7.89. The summed E-state index contributed by atoms with van der Waals surface area (Å²) in [5, 5.41) is 11.0. The number of sulfonamides is 1. The second-order valence-electron chi connectivity index (χ2n) is 6.52. The van der Waals surface area contributed by atoms with Crippen LogP contribution in [0.25, 0.3) is 0 Å². The van der Waals surface area contributed by atoms with E-state index in [0.717, 1.165) is 11.1 Å². The summed E-state index contributed by atoms with van der Waals surface area (Å²) in [6.07, 6.45) is 6.07. The summed E-state index contributed by atoms with van der Waals surface area (Å²) >= 11 is 0. The maximum absolute atomic E-state index is 13.3. The van der Waals surface area contributed by atoms with E-state index in [1.54, 1.807) is 61.2 Å². The van der Waals surface area contributed by atoms with Crippen LogP contribution in [0.5, 0.6) is 0 Å². The van der Waals surface area contributed by atoms with Crippen molar-refractivity contribution in [3.05, 3.63) is 90.0 Å². The van der Waals surface area contributed by atoms with Crippen molar-refractivity contribution >= 4 is 10.0 Å². The molecule has 138 valence electrons. The zero-order valence-electron chi connectivity index (χ0n) is 14.5. The molecule has 4 rings (SSSR count). The molecule has 0 fully saturated rings. The Hall–Kier alpha value is -2.61. The van der Waals surface area contributed by atoms with Crippen molar-refractivity contribution in [2.75, 3.05) is 0 Å². The number of rotatable bonds is 4. The van der Waals surface area contributed by atoms with Crippen molar-refractivity contribution in [2.24, 2.45) is 0 Å². The fraction of sp³-hybridized carbons (Fsp3) is 0.200. The Balaban J connectivity index is 1.80. The molecule has 0 aliphatic carbocycles. The normalized spacial score (nSPS) is 21.5. The third kappa shape index (κ3) is 3.37. The minimum atomic E-state index is -3.75. The summed E-state index contributed by atoms with van der Waals surface area (Å²) in [4.78, 5) is 8.16. The third-order valence-corrected chi connectivity index (χ3v) is 6.79. The fourth-order valence-corrected chi connectivity index (χ4v) is 5.33. The topological polar surface area (TPSA) is 83.4 Å². The molecule has 1 aliphatic rings. The SMILES string of the molecule is O=S1(=O)c2ccccc2[C@H](O)[C@@H](Cc2ccncc2)N1Cc1ccncc1. The molecule has 0 saturated heterocycles. The van der Waals surface area contributed by atoms with Gasteiger partial charge < -0.3 is 5.11 Å². The Kier molecular flexibility index (Phi) is 4.73. The number of hydrogen-bond donors (Lipinski definition) is 1. The first-order chi connectivity index (χ1) is 13.1. The van der Waals surface area contributed by atoms with Crippen LogP contribution < -0.4 is 0 Å². The number of benzene rings is 1. The van der Waals surface area contributed by atoms with Crippen molar-refractivity contribution in [3.8, 4) is 0 Å². The van der Waals surface area contributed by atoms with Crippen LogP contribution in [0, 0.1) is 0 Å². The Morgan fingerprint density at radius 2 is 1.48 bits per heavy atom. The minimum Gasteiger partial charge on any atom is -0.387 e. The second kappa shape index (κ2) is 7.19. The quantitative estimate of drug-likeness (QED) is 0.750. The van der Waals surface area contributed by atoms with Gasteiger partial charge in [0, 0.05) is 36.9 Å². The molecular weight excluding hydrogens is 362 g/mol. The lowest BCUT2D eigenvalue weighted by atomic mass is 9.95. The summed E-state index contributed by atoms with van der Waals surface area (Å²) in [5.41, 5.74) is 2.19. The predicted molar refractivity (Wildman–Crippen MR) is 100 cm³/mol. The van der Waals surface area contributed by atoms with Crippen molar-refractivity contribution in [1.82, 2.24) is 14.3 Å². The van der Waals surface area contributed by atoms with Crippen LogP contribution >= 0.6 is 0 Å². The molecule has 0 radical (unpaired) electrons. The van der Waals surface area contributed by atoms with E-state index >= 15 is 0 Å². The molecule has 27 heavy (non-hydrogen) atoms. The highest BCUT2D eigenvalue weighted by Gasteiger charge is 2.43.